The lowest BCUT2D eigenvalue weighted by atomic mass is 9.97. The van der Waals surface area contributed by atoms with Gasteiger partial charge in [-0.2, -0.15) is 0 Å². The molecule has 0 aromatic heterocycles. The number of piperidine rings is 1. The van der Waals surface area contributed by atoms with Crippen LogP contribution in [0.2, 0.25) is 10.0 Å². The van der Waals surface area contributed by atoms with Gasteiger partial charge in [0, 0.05) is 18.1 Å². The van der Waals surface area contributed by atoms with Crippen molar-refractivity contribution in [3.05, 3.63) is 58.1 Å². The van der Waals surface area contributed by atoms with E-state index in [1.807, 2.05) is 18.2 Å². The number of halogens is 2. The predicted octanol–water partition coefficient (Wildman–Crippen LogP) is 3.56. The van der Waals surface area contributed by atoms with Gasteiger partial charge in [-0.05, 0) is 67.7 Å². The minimum absolute atomic E-state index is 0.00892. The van der Waals surface area contributed by atoms with E-state index in [2.05, 4.69) is 15.7 Å². The Kier molecular flexibility index (Phi) is 8.39. The number of ether oxygens (including phenoxy) is 1. The summed E-state index contributed by atoms with van der Waals surface area (Å²) in [6, 6.07) is 12.3. The van der Waals surface area contributed by atoms with Gasteiger partial charge in [0.15, 0.2) is 0 Å². The number of rotatable bonds is 9. The number of hydrogen-bond acceptors (Lipinski definition) is 5. The molecule has 0 atom stereocenters. The van der Waals surface area contributed by atoms with Gasteiger partial charge >= 0.3 is 0 Å². The zero-order valence-electron chi connectivity index (χ0n) is 16.6. The normalized spacial score (nSPS) is 16.0. The summed E-state index contributed by atoms with van der Waals surface area (Å²) in [7, 11) is -3.70. The van der Waals surface area contributed by atoms with Crippen molar-refractivity contribution in [2.75, 3.05) is 32.8 Å². The maximum atomic E-state index is 12.6. The highest BCUT2D eigenvalue weighted by Crippen LogP contribution is 2.26. The van der Waals surface area contributed by atoms with Crippen LogP contribution in [0.4, 0.5) is 0 Å². The molecule has 1 saturated heterocycles. The van der Waals surface area contributed by atoms with Crippen LogP contribution in [-0.2, 0) is 16.6 Å². The first-order valence-electron chi connectivity index (χ1n) is 9.87. The van der Waals surface area contributed by atoms with Crippen molar-refractivity contribution >= 4 is 33.2 Å². The number of aliphatic hydroxyl groups is 1. The summed E-state index contributed by atoms with van der Waals surface area (Å²) in [6.07, 6.45) is 1.82. The molecule has 0 spiro atoms. The van der Waals surface area contributed by atoms with Crippen LogP contribution >= 0.6 is 23.2 Å². The van der Waals surface area contributed by atoms with Crippen LogP contribution < -0.4 is 9.46 Å². The summed E-state index contributed by atoms with van der Waals surface area (Å²) in [5.41, 5.74) is 1.15. The van der Waals surface area contributed by atoms with Crippen LogP contribution in [0.25, 0.3) is 0 Å². The van der Waals surface area contributed by atoms with Crippen molar-refractivity contribution in [3.8, 4) is 5.75 Å². The molecule has 0 radical (unpaired) electrons. The quantitative estimate of drug-likeness (QED) is 0.583. The Morgan fingerprint density at radius 2 is 1.90 bits per heavy atom. The van der Waals surface area contributed by atoms with Crippen molar-refractivity contribution < 1.29 is 18.3 Å². The molecule has 30 heavy (non-hydrogen) atoms. The van der Waals surface area contributed by atoms with E-state index in [9.17, 15) is 8.42 Å². The lowest BCUT2D eigenvalue weighted by molar-refractivity contribution is 0.178. The maximum absolute atomic E-state index is 12.6. The van der Waals surface area contributed by atoms with Crippen molar-refractivity contribution in [2.45, 2.75) is 24.3 Å². The molecular weight excluding hydrogens is 447 g/mol. The highest BCUT2D eigenvalue weighted by Gasteiger charge is 2.23. The van der Waals surface area contributed by atoms with E-state index in [4.69, 9.17) is 33.0 Å². The van der Waals surface area contributed by atoms with Crippen molar-refractivity contribution in [1.82, 2.24) is 9.62 Å². The number of aliphatic hydroxyl groups excluding tert-OH is 1. The Morgan fingerprint density at radius 3 is 2.63 bits per heavy atom. The first kappa shape index (κ1) is 23.3. The van der Waals surface area contributed by atoms with E-state index in [0.29, 0.717) is 11.6 Å². The van der Waals surface area contributed by atoms with Gasteiger partial charge in [0.05, 0.1) is 11.6 Å². The van der Waals surface area contributed by atoms with E-state index in [1.165, 1.54) is 12.1 Å². The molecule has 0 saturated carbocycles. The Hall–Kier alpha value is -1.35. The lowest BCUT2D eigenvalue weighted by Crippen LogP contribution is -2.38. The Morgan fingerprint density at radius 1 is 1.13 bits per heavy atom. The molecule has 3 rings (SSSR count). The van der Waals surface area contributed by atoms with Gasteiger partial charge in [-0.15, -0.1) is 0 Å². The van der Waals surface area contributed by atoms with E-state index in [0.717, 1.165) is 43.8 Å². The molecule has 1 fully saturated rings. The highest BCUT2D eigenvalue weighted by atomic mass is 35.5. The van der Waals surface area contributed by atoms with E-state index < -0.39 is 10.0 Å². The molecule has 0 bridgehead atoms. The summed E-state index contributed by atoms with van der Waals surface area (Å²) >= 11 is 11.9. The second-order valence-corrected chi connectivity index (χ2v) is 9.94. The minimum Gasteiger partial charge on any atom is -0.491 e. The summed E-state index contributed by atoms with van der Waals surface area (Å²) in [6.45, 7) is 3.25. The summed E-state index contributed by atoms with van der Waals surface area (Å²) in [5.74, 6) is 1.03. The third-order valence-electron chi connectivity index (χ3n) is 5.12. The van der Waals surface area contributed by atoms with Gasteiger partial charge in [0.25, 0.3) is 0 Å². The standard InChI is InChI=1S/C21H26Cl2N2O4S/c22-18-4-5-20(23)21(13-18)30(27,28)24-14-16-6-8-25(9-7-16)15-17-2-1-3-19(12-17)29-11-10-26/h1-5,12-13,16,24,26H,6-11,14-15H2. The molecule has 164 valence electrons. The van der Waals surface area contributed by atoms with Crippen LogP contribution in [0.1, 0.15) is 18.4 Å². The lowest BCUT2D eigenvalue weighted by Gasteiger charge is -2.32. The fourth-order valence-electron chi connectivity index (χ4n) is 3.49. The number of likely N-dealkylation sites (tertiary alicyclic amines) is 1. The van der Waals surface area contributed by atoms with Crippen LogP contribution in [0, 0.1) is 5.92 Å². The highest BCUT2D eigenvalue weighted by molar-refractivity contribution is 7.89. The Labute approximate surface area is 187 Å². The van der Waals surface area contributed by atoms with Crippen LogP contribution in [0.15, 0.2) is 47.4 Å². The molecule has 1 aliphatic rings. The maximum Gasteiger partial charge on any atom is 0.242 e. The molecule has 1 heterocycles. The summed E-state index contributed by atoms with van der Waals surface area (Å²) in [5, 5.41) is 9.37. The van der Waals surface area contributed by atoms with Crippen molar-refractivity contribution in [1.29, 1.82) is 0 Å². The molecular formula is C21H26Cl2N2O4S. The van der Waals surface area contributed by atoms with E-state index in [-0.39, 0.29) is 29.0 Å². The van der Waals surface area contributed by atoms with Gasteiger partial charge in [-0.1, -0.05) is 35.3 Å². The van der Waals surface area contributed by atoms with Gasteiger partial charge in [0.1, 0.15) is 17.3 Å². The summed E-state index contributed by atoms with van der Waals surface area (Å²) < 4.78 is 33.3. The third-order valence-corrected chi connectivity index (χ3v) is 7.26. The van der Waals surface area contributed by atoms with Gasteiger partial charge in [-0.3, -0.25) is 4.90 Å². The number of nitrogens with zero attached hydrogens (tertiary/aromatic N) is 1. The fraction of sp³-hybridized carbons (Fsp3) is 0.429. The zero-order valence-corrected chi connectivity index (χ0v) is 18.9. The monoisotopic (exact) mass is 472 g/mol. The molecule has 0 aliphatic carbocycles. The van der Waals surface area contributed by atoms with Gasteiger partial charge in [-0.25, -0.2) is 13.1 Å². The number of nitrogens with one attached hydrogen (secondary N) is 1. The van der Waals surface area contributed by atoms with Crippen LogP contribution in [0.3, 0.4) is 0 Å². The minimum atomic E-state index is -3.70. The van der Waals surface area contributed by atoms with Crippen molar-refractivity contribution in [3.63, 3.8) is 0 Å². The smallest absolute Gasteiger partial charge is 0.242 e. The van der Waals surface area contributed by atoms with E-state index >= 15 is 0 Å². The first-order valence-corrected chi connectivity index (χ1v) is 12.1. The first-order chi connectivity index (χ1) is 14.4. The molecule has 6 nitrogen and oxygen atoms in total. The third kappa shape index (κ3) is 6.57. The van der Waals surface area contributed by atoms with Gasteiger partial charge in [0.2, 0.25) is 10.0 Å². The summed E-state index contributed by atoms with van der Waals surface area (Å²) in [4.78, 5) is 2.36. The molecule has 2 aromatic carbocycles. The average Bonchev–Trinajstić information content (AvgIpc) is 2.74. The van der Waals surface area contributed by atoms with E-state index in [1.54, 1.807) is 6.07 Å². The van der Waals surface area contributed by atoms with Gasteiger partial charge < -0.3 is 9.84 Å². The number of hydrogen-bond donors (Lipinski definition) is 2. The SMILES string of the molecule is O=S(=O)(NCC1CCN(Cc2cccc(OCCO)c2)CC1)c1cc(Cl)ccc1Cl. The number of benzene rings is 2. The number of sulfonamides is 1. The molecule has 2 N–H and O–H groups in total. The molecule has 0 unspecified atom stereocenters. The van der Waals surface area contributed by atoms with Crippen LogP contribution in [0.5, 0.6) is 5.75 Å². The fourth-order valence-corrected chi connectivity index (χ4v) is 5.37. The second-order valence-electron chi connectivity index (χ2n) is 7.37. The molecule has 1 aliphatic heterocycles. The Balaban J connectivity index is 1.48. The van der Waals surface area contributed by atoms with Crippen LogP contribution in [-0.4, -0.2) is 51.3 Å². The Bertz CT molecular complexity index is 948. The topological polar surface area (TPSA) is 78.9 Å². The predicted molar refractivity (Wildman–Crippen MR) is 119 cm³/mol. The molecule has 0 amide bonds. The molecule has 2 aromatic rings. The molecule has 9 heteroatoms. The largest absolute Gasteiger partial charge is 0.491 e. The zero-order chi connectivity index (χ0) is 21.6. The second kappa shape index (κ2) is 10.8. The van der Waals surface area contributed by atoms with Crippen molar-refractivity contribution in [2.24, 2.45) is 5.92 Å². The average molecular weight is 473 g/mol.